The lowest BCUT2D eigenvalue weighted by Crippen LogP contribution is -1.93. The molecule has 0 amide bonds. The Balaban J connectivity index is 2.49. The molecule has 0 heterocycles. The number of hydrogen-bond donors (Lipinski definition) is 0. The molecule has 0 radical (unpaired) electrons. The van der Waals surface area contributed by atoms with E-state index in [1.807, 2.05) is 0 Å². The van der Waals surface area contributed by atoms with Crippen molar-refractivity contribution in [3.05, 3.63) is 51.1 Å². The predicted octanol–water partition coefficient (Wildman–Crippen LogP) is 4.49. The van der Waals surface area contributed by atoms with Gasteiger partial charge in [0.05, 0.1) is 0 Å². The van der Waals surface area contributed by atoms with E-state index < -0.39 is 0 Å². The third-order valence-electron chi connectivity index (χ3n) is 2.58. The molecule has 1 aromatic rings. The molecule has 0 bridgehead atoms. The van der Waals surface area contributed by atoms with Crippen LogP contribution in [0.4, 0.5) is 0 Å². The molecule has 0 aliphatic heterocycles. The third kappa shape index (κ3) is 1.92. The van der Waals surface area contributed by atoms with Gasteiger partial charge < -0.3 is 0 Å². The van der Waals surface area contributed by atoms with Crippen molar-refractivity contribution in [1.82, 2.24) is 0 Å². The van der Waals surface area contributed by atoms with Crippen LogP contribution in [0.25, 0.3) is 5.57 Å². The molecule has 72 valence electrons. The maximum absolute atomic E-state index is 2.43. The lowest BCUT2D eigenvalue weighted by Gasteiger charge is -2.14. The molecule has 0 saturated carbocycles. The average Bonchev–Trinajstić information content (AvgIpc) is 2.20. The summed E-state index contributed by atoms with van der Waals surface area (Å²) in [6, 6.07) is 8.63. The summed E-state index contributed by atoms with van der Waals surface area (Å²) in [5.41, 5.74) is 4.31. The zero-order valence-electron chi connectivity index (χ0n) is 8.26. The zero-order chi connectivity index (χ0) is 9.97. The molecule has 1 heteroatoms. The normalized spacial score (nSPS) is 16.1. The van der Waals surface area contributed by atoms with Gasteiger partial charge in [-0.3, -0.25) is 0 Å². The Hall–Kier alpha value is -0.570. The second-order valence-corrected chi connectivity index (χ2v) is 4.74. The van der Waals surface area contributed by atoms with Gasteiger partial charge in [0, 0.05) is 3.58 Å². The lowest BCUT2D eigenvalue weighted by molar-refractivity contribution is 1.05. The molecule has 0 atom stereocenters. The summed E-state index contributed by atoms with van der Waals surface area (Å²) in [7, 11) is 0. The van der Waals surface area contributed by atoms with Crippen LogP contribution in [0.15, 0.2) is 40.0 Å². The number of aryl methyl sites for hydroxylation is 1. The minimum absolute atomic E-state index is 1.18. The van der Waals surface area contributed by atoms with Gasteiger partial charge in [0.15, 0.2) is 0 Å². The van der Waals surface area contributed by atoms with E-state index in [-0.39, 0.29) is 0 Å². The second-order valence-electron chi connectivity index (χ2n) is 3.58. The molecule has 0 saturated heterocycles. The van der Waals surface area contributed by atoms with Crippen LogP contribution in [-0.4, -0.2) is 0 Å². The Labute approximate surface area is 98.9 Å². The molecule has 1 aliphatic carbocycles. The van der Waals surface area contributed by atoms with Crippen molar-refractivity contribution in [2.45, 2.75) is 19.8 Å². The molecule has 1 aromatic carbocycles. The van der Waals surface area contributed by atoms with Gasteiger partial charge in [0.1, 0.15) is 0 Å². The van der Waals surface area contributed by atoms with Crippen molar-refractivity contribution in [1.29, 1.82) is 0 Å². The molecule has 2 rings (SSSR count). The fourth-order valence-electron chi connectivity index (χ4n) is 1.81. The number of hydrogen-bond acceptors (Lipinski definition) is 0. The maximum atomic E-state index is 2.43. The van der Waals surface area contributed by atoms with Crippen LogP contribution in [-0.2, 0) is 0 Å². The molecule has 0 unspecified atom stereocenters. The SMILES string of the molecule is Cc1ccccc1C1=C(I)C=CCC1. The van der Waals surface area contributed by atoms with Crippen LogP contribution in [0.2, 0.25) is 0 Å². The van der Waals surface area contributed by atoms with E-state index in [1.54, 1.807) is 0 Å². The molecular formula is C13H13I. The topological polar surface area (TPSA) is 0 Å². The standard InChI is InChI=1S/C13H13I/c1-10-6-2-3-7-11(10)12-8-4-5-9-13(12)14/h2-3,5-7,9H,4,8H2,1H3. The van der Waals surface area contributed by atoms with Gasteiger partial charge in [0.2, 0.25) is 0 Å². The first-order chi connectivity index (χ1) is 6.79. The van der Waals surface area contributed by atoms with Crippen LogP contribution in [0.3, 0.4) is 0 Å². The predicted molar refractivity (Wildman–Crippen MR) is 70.5 cm³/mol. The van der Waals surface area contributed by atoms with Crippen molar-refractivity contribution < 1.29 is 0 Å². The van der Waals surface area contributed by atoms with Crippen LogP contribution >= 0.6 is 22.6 Å². The van der Waals surface area contributed by atoms with E-state index in [9.17, 15) is 0 Å². The highest BCUT2D eigenvalue weighted by Crippen LogP contribution is 2.33. The van der Waals surface area contributed by atoms with Crippen molar-refractivity contribution in [2.75, 3.05) is 0 Å². The first-order valence-corrected chi connectivity index (χ1v) is 5.98. The van der Waals surface area contributed by atoms with Crippen LogP contribution < -0.4 is 0 Å². The molecule has 1 aliphatic rings. The molecular weight excluding hydrogens is 283 g/mol. The average molecular weight is 296 g/mol. The van der Waals surface area contributed by atoms with E-state index in [2.05, 4.69) is 65.9 Å². The number of rotatable bonds is 1. The Kier molecular flexibility index (Phi) is 3.06. The summed E-state index contributed by atoms with van der Waals surface area (Å²) in [4.78, 5) is 0. The minimum Gasteiger partial charge on any atom is -0.0831 e. The molecule has 0 nitrogen and oxygen atoms in total. The summed E-state index contributed by atoms with van der Waals surface area (Å²) < 4.78 is 1.39. The van der Waals surface area contributed by atoms with E-state index in [1.165, 1.54) is 33.1 Å². The van der Waals surface area contributed by atoms with Gasteiger partial charge in [-0.25, -0.2) is 0 Å². The summed E-state index contributed by atoms with van der Waals surface area (Å²) in [6.07, 6.45) is 6.84. The van der Waals surface area contributed by atoms with Crippen LogP contribution in [0.5, 0.6) is 0 Å². The first kappa shape index (κ1) is 9.97. The summed E-state index contributed by atoms with van der Waals surface area (Å²) in [6.45, 7) is 2.19. The zero-order valence-corrected chi connectivity index (χ0v) is 10.4. The van der Waals surface area contributed by atoms with Crippen LogP contribution in [0, 0.1) is 6.92 Å². The Morgan fingerprint density at radius 1 is 1.21 bits per heavy atom. The highest BCUT2D eigenvalue weighted by molar-refractivity contribution is 14.1. The molecule has 0 fully saturated rings. The number of halogens is 1. The highest BCUT2D eigenvalue weighted by Gasteiger charge is 2.09. The fourth-order valence-corrected chi connectivity index (χ4v) is 2.62. The first-order valence-electron chi connectivity index (χ1n) is 4.90. The third-order valence-corrected chi connectivity index (χ3v) is 3.59. The Bertz CT molecular complexity index is 399. The summed E-state index contributed by atoms with van der Waals surface area (Å²) in [5, 5.41) is 0. The van der Waals surface area contributed by atoms with Gasteiger partial charge >= 0.3 is 0 Å². The molecule has 0 N–H and O–H groups in total. The van der Waals surface area contributed by atoms with E-state index in [0.29, 0.717) is 0 Å². The number of benzene rings is 1. The molecule has 0 aromatic heterocycles. The van der Waals surface area contributed by atoms with Gasteiger partial charge in [-0.1, -0.05) is 36.4 Å². The molecule has 0 spiro atoms. The maximum Gasteiger partial charge on any atom is 0.0165 e. The molecule has 14 heavy (non-hydrogen) atoms. The Morgan fingerprint density at radius 3 is 2.71 bits per heavy atom. The fraction of sp³-hybridized carbons (Fsp3) is 0.231. The Morgan fingerprint density at radius 2 is 2.00 bits per heavy atom. The quantitative estimate of drug-likeness (QED) is 0.670. The smallest absolute Gasteiger partial charge is 0.0165 e. The van der Waals surface area contributed by atoms with E-state index >= 15 is 0 Å². The van der Waals surface area contributed by atoms with Crippen molar-refractivity contribution in [3.8, 4) is 0 Å². The van der Waals surface area contributed by atoms with Gasteiger partial charge in [-0.2, -0.15) is 0 Å². The van der Waals surface area contributed by atoms with Crippen molar-refractivity contribution in [3.63, 3.8) is 0 Å². The largest absolute Gasteiger partial charge is 0.0831 e. The number of allylic oxidation sites excluding steroid dienone is 4. The second kappa shape index (κ2) is 4.30. The van der Waals surface area contributed by atoms with Gasteiger partial charge in [0.25, 0.3) is 0 Å². The lowest BCUT2D eigenvalue weighted by atomic mass is 9.94. The summed E-state index contributed by atoms with van der Waals surface area (Å²) >= 11 is 2.43. The van der Waals surface area contributed by atoms with Crippen molar-refractivity contribution >= 4 is 28.2 Å². The minimum atomic E-state index is 1.18. The van der Waals surface area contributed by atoms with E-state index in [4.69, 9.17) is 0 Å². The van der Waals surface area contributed by atoms with Crippen LogP contribution in [0.1, 0.15) is 24.0 Å². The highest BCUT2D eigenvalue weighted by atomic mass is 127. The van der Waals surface area contributed by atoms with Gasteiger partial charge in [-0.05, 0) is 59.1 Å². The van der Waals surface area contributed by atoms with Gasteiger partial charge in [-0.15, -0.1) is 0 Å². The monoisotopic (exact) mass is 296 g/mol. The van der Waals surface area contributed by atoms with Crippen molar-refractivity contribution in [2.24, 2.45) is 0 Å². The van der Waals surface area contributed by atoms with E-state index in [0.717, 1.165) is 0 Å². The summed E-state index contributed by atoms with van der Waals surface area (Å²) in [5.74, 6) is 0.